The zero-order valence-electron chi connectivity index (χ0n) is 18.6. The maximum Gasteiger partial charge on any atom is 0.354 e. The van der Waals surface area contributed by atoms with Gasteiger partial charge in [0, 0.05) is 22.1 Å². The van der Waals surface area contributed by atoms with Crippen LogP contribution < -0.4 is 10.6 Å². The summed E-state index contributed by atoms with van der Waals surface area (Å²) in [5.41, 5.74) is 2.28. The Morgan fingerprint density at radius 3 is 2.53 bits per heavy atom. The summed E-state index contributed by atoms with van der Waals surface area (Å²) < 4.78 is 10.2. The lowest BCUT2D eigenvalue weighted by Gasteiger charge is -2.11. The zero-order chi connectivity index (χ0) is 24.8. The van der Waals surface area contributed by atoms with Crippen LogP contribution in [0, 0.1) is 13.8 Å². The summed E-state index contributed by atoms with van der Waals surface area (Å²) in [5.74, 6) is -1.09. The van der Waals surface area contributed by atoms with Gasteiger partial charge in [-0.25, -0.2) is 4.79 Å². The van der Waals surface area contributed by atoms with Crippen LogP contribution in [-0.4, -0.2) is 35.2 Å². The minimum atomic E-state index is -0.743. The lowest BCUT2D eigenvalue weighted by molar-refractivity contribution is -0.136. The third-order valence-electron chi connectivity index (χ3n) is 4.87. The highest BCUT2D eigenvalue weighted by molar-refractivity contribution is 9.10. The standard InChI is InChI=1S/C24H22BrN3O6/c1-13-19(14(2)34-28-13)11-21(24(32)33-3)27-23(31)18-8-7-16(10-20(18)25)22(30)26-12-15-5-4-6-17(29)9-15/h4-11,29H,12H2,1-3H3,(H,26,30)(H,27,31). The first-order valence-corrected chi connectivity index (χ1v) is 10.9. The Kier molecular flexibility index (Phi) is 7.85. The van der Waals surface area contributed by atoms with Crippen molar-refractivity contribution in [2.45, 2.75) is 20.4 Å². The van der Waals surface area contributed by atoms with Crippen molar-refractivity contribution < 1.29 is 28.8 Å². The molecule has 1 heterocycles. The molecule has 0 saturated heterocycles. The molecule has 0 aliphatic carbocycles. The number of rotatable bonds is 7. The number of methoxy groups -OCH3 is 1. The molecule has 0 aliphatic rings. The van der Waals surface area contributed by atoms with Crippen molar-refractivity contribution in [3.05, 3.63) is 86.3 Å². The van der Waals surface area contributed by atoms with Crippen molar-refractivity contribution in [2.75, 3.05) is 7.11 Å². The number of carbonyl (C=O) groups is 3. The summed E-state index contributed by atoms with van der Waals surface area (Å²) in [7, 11) is 1.20. The number of aromatic nitrogens is 1. The minimum Gasteiger partial charge on any atom is -0.508 e. The van der Waals surface area contributed by atoms with Crippen molar-refractivity contribution in [1.29, 1.82) is 0 Å². The molecular formula is C24H22BrN3O6. The Labute approximate surface area is 203 Å². The van der Waals surface area contributed by atoms with Crippen LogP contribution in [0.25, 0.3) is 6.08 Å². The normalized spacial score (nSPS) is 11.1. The van der Waals surface area contributed by atoms with Gasteiger partial charge in [0.05, 0.1) is 18.4 Å². The summed E-state index contributed by atoms with van der Waals surface area (Å²) in [4.78, 5) is 37.6. The van der Waals surface area contributed by atoms with Gasteiger partial charge in [-0.05, 0) is 71.7 Å². The van der Waals surface area contributed by atoms with Crippen molar-refractivity contribution in [1.82, 2.24) is 15.8 Å². The summed E-state index contributed by atoms with van der Waals surface area (Å²) in [5, 5.41) is 18.7. The van der Waals surface area contributed by atoms with Crippen LogP contribution in [-0.2, 0) is 16.1 Å². The van der Waals surface area contributed by atoms with Crippen molar-refractivity contribution in [3.63, 3.8) is 0 Å². The van der Waals surface area contributed by atoms with E-state index >= 15 is 0 Å². The highest BCUT2D eigenvalue weighted by Gasteiger charge is 2.20. The molecule has 1 aromatic heterocycles. The van der Waals surface area contributed by atoms with Gasteiger partial charge < -0.3 is 25.0 Å². The number of nitrogens with one attached hydrogen (secondary N) is 2. The first-order chi connectivity index (χ1) is 16.2. The van der Waals surface area contributed by atoms with E-state index in [2.05, 4.69) is 31.7 Å². The molecule has 3 aromatic rings. The topological polar surface area (TPSA) is 131 Å². The smallest absolute Gasteiger partial charge is 0.354 e. The van der Waals surface area contributed by atoms with E-state index in [-0.39, 0.29) is 29.5 Å². The average Bonchev–Trinajstić information content (AvgIpc) is 3.13. The van der Waals surface area contributed by atoms with Gasteiger partial charge in [0.25, 0.3) is 11.8 Å². The van der Waals surface area contributed by atoms with Crippen LogP contribution in [0.1, 0.15) is 43.3 Å². The number of phenols is 1. The third-order valence-corrected chi connectivity index (χ3v) is 5.53. The molecular weight excluding hydrogens is 506 g/mol. The number of phenolic OH excluding ortho intramolecular Hbond substituents is 1. The highest BCUT2D eigenvalue weighted by atomic mass is 79.9. The SMILES string of the molecule is COC(=O)C(=Cc1c(C)noc1C)NC(=O)c1ccc(C(=O)NCc2cccc(O)c2)cc1Br. The van der Waals surface area contributed by atoms with E-state index in [1.165, 1.54) is 31.4 Å². The van der Waals surface area contributed by atoms with Crippen LogP contribution >= 0.6 is 15.9 Å². The molecule has 0 aliphatic heterocycles. The van der Waals surface area contributed by atoms with Gasteiger partial charge in [-0.3, -0.25) is 9.59 Å². The van der Waals surface area contributed by atoms with Crippen LogP contribution in [0.3, 0.4) is 0 Å². The second kappa shape index (κ2) is 10.8. The van der Waals surface area contributed by atoms with Crippen molar-refractivity contribution in [3.8, 4) is 5.75 Å². The molecule has 0 unspecified atom stereocenters. The fourth-order valence-corrected chi connectivity index (χ4v) is 3.64. The number of esters is 1. The second-order valence-electron chi connectivity index (χ2n) is 7.29. The monoisotopic (exact) mass is 527 g/mol. The second-order valence-corrected chi connectivity index (χ2v) is 8.14. The van der Waals surface area contributed by atoms with Gasteiger partial charge in [0.1, 0.15) is 17.2 Å². The Bertz CT molecular complexity index is 1260. The molecule has 10 heteroatoms. The predicted octanol–water partition coefficient (Wildman–Crippen LogP) is 3.63. The highest BCUT2D eigenvalue weighted by Crippen LogP contribution is 2.21. The number of carbonyl (C=O) groups excluding carboxylic acids is 3. The molecule has 0 fully saturated rings. The summed E-state index contributed by atoms with van der Waals surface area (Å²) >= 11 is 3.31. The van der Waals surface area contributed by atoms with Gasteiger partial charge in [-0.1, -0.05) is 17.3 Å². The summed E-state index contributed by atoms with van der Waals surface area (Å²) in [6, 6.07) is 11.0. The van der Waals surface area contributed by atoms with E-state index in [9.17, 15) is 19.5 Å². The molecule has 0 spiro atoms. The first kappa shape index (κ1) is 24.7. The van der Waals surface area contributed by atoms with E-state index < -0.39 is 11.9 Å². The van der Waals surface area contributed by atoms with Crippen LogP contribution in [0.5, 0.6) is 5.75 Å². The number of nitrogens with zero attached hydrogens (tertiary/aromatic N) is 1. The molecule has 3 N–H and O–H groups in total. The number of aromatic hydroxyl groups is 1. The first-order valence-electron chi connectivity index (χ1n) is 10.1. The maximum atomic E-state index is 12.9. The van der Waals surface area contributed by atoms with E-state index in [0.717, 1.165) is 5.56 Å². The fourth-order valence-electron chi connectivity index (χ4n) is 3.08. The largest absolute Gasteiger partial charge is 0.508 e. The van der Waals surface area contributed by atoms with E-state index in [4.69, 9.17) is 9.26 Å². The Morgan fingerprint density at radius 1 is 1.15 bits per heavy atom. The van der Waals surface area contributed by atoms with Gasteiger partial charge in [-0.15, -0.1) is 0 Å². The molecule has 176 valence electrons. The molecule has 0 radical (unpaired) electrons. The van der Waals surface area contributed by atoms with Gasteiger partial charge >= 0.3 is 5.97 Å². The van der Waals surface area contributed by atoms with Crippen molar-refractivity contribution in [2.24, 2.45) is 0 Å². The number of halogens is 1. The molecule has 9 nitrogen and oxygen atoms in total. The number of ether oxygens (including phenoxy) is 1. The number of hydrogen-bond donors (Lipinski definition) is 3. The van der Waals surface area contributed by atoms with E-state index in [1.54, 1.807) is 38.1 Å². The number of amides is 2. The number of hydrogen-bond acceptors (Lipinski definition) is 7. The Hall–Kier alpha value is -3.92. The average molecular weight is 528 g/mol. The third kappa shape index (κ3) is 5.90. The fraction of sp³-hybridized carbons (Fsp3) is 0.167. The van der Waals surface area contributed by atoms with Crippen LogP contribution in [0.15, 0.2) is 57.2 Å². The molecule has 0 atom stereocenters. The van der Waals surface area contributed by atoms with Gasteiger partial charge in [-0.2, -0.15) is 0 Å². The van der Waals surface area contributed by atoms with E-state index in [0.29, 0.717) is 27.1 Å². The maximum absolute atomic E-state index is 12.9. The predicted molar refractivity (Wildman–Crippen MR) is 127 cm³/mol. The molecule has 34 heavy (non-hydrogen) atoms. The van der Waals surface area contributed by atoms with Crippen molar-refractivity contribution >= 4 is 39.8 Å². The van der Waals surface area contributed by atoms with Crippen LogP contribution in [0.2, 0.25) is 0 Å². The molecule has 3 rings (SSSR count). The Morgan fingerprint density at radius 2 is 1.91 bits per heavy atom. The number of aryl methyl sites for hydroxylation is 2. The molecule has 2 amide bonds. The molecule has 0 saturated carbocycles. The van der Waals surface area contributed by atoms with Gasteiger partial charge in [0.15, 0.2) is 0 Å². The number of benzene rings is 2. The summed E-state index contributed by atoms with van der Waals surface area (Å²) in [6.45, 7) is 3.62. The van der Waals surface area contributed by atoms with Gasteiger partial charge in [0.2, 0.25) is 0 Å². The minimum absolute atomic E-state index is 0.0956. The van der Waals surface area contributed by atoms with E-state index in [1.807, 2.05) is 0 Å². The van der Waals surface area contributed by atoms with Crippen LogP contribution in [0.4, 0.5) is 0 Å². The molecule has 0 bridgehead atoms. The zero-order valence-corrected chi connectivity index (χ0v) is 20.2. The summed E-state index contributed by atoms with van der Waals surface area (Å²) in [6.07, 6.45) is 1.43. The quantitative estimate of drug-likeness (QED) is 0.315. The molecule has 2 aromatic carbocycles. The lowest BCUT2D eigenvalue weighted by atomic mass is 10.1. The Balaban J connectivity index is 1.75. The lowest BCUT2D eigenvalue weighted by Crippen LogP contribution is -2.28.